The molecule has 0 aliphatic carbocycles. The van der Waals surface area contributed by atoms with Crippen LogP contribution in [0.15, 0.2) is 43.0 Å². The number of rotatable bonds is 8. The van der Waals surface area contributed by atoms with Crippen molar-refractivity contribution in [1.82, 2.24) is 34.3 Å². The molecule has 1 fully saturated rings. The molecule has 1 aliphatic rings. The minimum atomic E-state index is -2.95. The minimum Gasteiger partial charge on any atom is -0.488 e. The summed E-state index contributed by atoms with van der Waals surface area (Å²) in [5, 5.41) is 11.8. The molecule has 0 radical (unpaired) electrons. The molecule has 172 valence electrons. The lowest BCUT2D eigenvalue weighted by molar-refractivity contribution is -0.0530. The molecular weight excluding hydrogens is 434 g/mol. The van der Waals surface area contributed by atoms with Crippen molar-refractivity contribution in [3.8, 4) is 22.9 Å². The quantitative estimate of drug-likeness (QED) is 0.433. The molecule has 1 N–H and O–H groups in total. The van der Waals surface area contributed by atoms with Gasteiger partial charge in [-0.3, -0.25) is 9.58 Å². The topological polar surface area (TPSA) is 94.6 Å². The molecule has 0 spiro atoms. The summed E-state index contributed by atoms with van der Waals surface area (Å²) in [6.45, 7) is -1.22. The largest absolute Gasteiger partial charge is 0.488 e. The second-order valence-electron chi connectivity index (χ2n) is 7.77. The number of nitrogens with one attached hydrogen (secondary N) is 1. The first-order valence-electron chi connectivity index (χ1n) is 10.3. The molecular formula is C21H22F2N8O2. The summed E-state index contributed by atoms with van der Waals surface area (Å²) in [5.41, 5.74) is 2.67. The van der Waals surface area contributed by atoms with Crippen LogP contribution >= 0.6 is 0 Å². The normalized spacial score (nSPS) is 16.2. The Hall–Kier alpha value is -3.80. The van der Waals surface area contributed by atoms with Crippen LogP contribution in [0, 0.1) is 0 Å². The highest BCUT2D eigenvalue weighted by atomic mass is 19.3. The monoisotopic (exact) mass is 456 g/mol. The standard InChI is InChI=1S/C21H22F2N8O2/c1-29-5-4-14(29)12-32-16-9-26-30(2)20(16)13-3-6-31-15(7-13)8-17(28-31)27-18-10-25-19(11-24-18)33-21(22)23/h3,6-11,14,21H,4-5,12H2,1-2H3,(H,24,27,28)/t14-/m1/s1. The number of pyridine rings is 1. The van der Waals surface area contributed by atoms with Gasteiger partial charge in [-0.1, -0.05) is 0 Å². The molecule has 0 bridgehead atoms. The first-order chi connectivity index (χ1) is 16.0. The summed E-state index contributed by atoms with van der Waals surface area (Å²) in [5.74, 6) is 1.36. The molecule has 4 aromatic rings. The van der Waals surface area contributed by atoms with Crippen molar-refractivity contribution in [2.24, 2.45) is 7.05 Å². The Kier molecular flexibility index (Phi) is 5.50. The van der Waals surface area contributed by atoms with E-state index in [2.05, 4.69) is 42.2 Å². The van der Waals surface area contributed by atoms with Gasteiger partial charge in [0.05, 0.1) is 24.1 Å². The summed E-state index contributed by atoms with van der Waals surface area (Å²) in [6.07, 6.45) is 7.13. The first kappa shape index (κ1) is 21.1. The average molecular weight is 456 g/mol. The molecule has 5 heterocycles. The molecule has 12 heteroatoms. The fourth-order valence-corrected chi connectivity index (χ4v) is 3.69. The number of alkyl halides is 2. The van der Waals surface area contributed by atoms with Gasteiger partial charge in [-0.05, 0) is 32.1 Å². The van der Waals surface area contributed by atoms with E-state index in [0.717, 1.165) is 41.7 Å². The van der Waals surface area contributed by atoms with E-state index >= 15 is 0 Å². The van der Waals surface area contributed by atoms with E-state index in [9.17, 15) is 8.78 Å². The number of likely N-dealkylation sites (N-methyl/N-ethyl adjacent to an activating group) is 1. The van der Waals surface area contributed by atoms with E-state index in [4.69, 9.17) is 4.74 Å². The van der Waals surface area contributed by atoms with Crippen molar-refractivity contribution in [3.05, 3.63) is 43.0 Å². The van der Waals surface area contributed by atoms with Crippen LogP contribution in [0.1, 0.15) is 6.42 Å². The second kappa shape index (κ2) is 8.62. The predicted octanol–water partition coefficient (Wildman–Crippen LogP) is 2.95. The lowest BCUT2D eigenvalue weighted by atomic mass is 10.1. The average Bonchev–Trinajstić information content (AvgIpc) is 3.35. The summed E-state index contributed by atoms with van der Waals surface area (Å²) in [4.78, 5) is 10.1. The van der Waals surface area contributed by atoms with Crippen LogP contribution in [0.25, 0.3) is 16.8 Å². The number of nitrogens with zero attached hydrogens (tertiary/aromatic N) is 7. The van der Waals surface area contributed by atoms with Crippen LogP contribution in [-0.2, 0) is 7.05 Å². The molecule has 5 rings (SSSR count). The Morgan fingerprint density at radius 3 is 2.73 bits per heavy atom. The number of aryl methyl sites for hydroxylation is 1. The fourth-order valence-electron chi connectivity index (χ4n) is 3.69. The Morgan fingerprint density at radius 1 is 1.15 bits per heavy atom. The zero-order valence-corrected chi connectivity index (χ0v) is 18.0. The van der Waals surface area contributed by atoms with E-state index in [1.807, 2.05) is 31.4 Å². The van der Waals surface area contributed by atoms with Crippen molar-refractivity contribution >= 4 is 17.2 Å². The number of anilines is 2. The van der Waals surface area contributed by atoms with Crippen LogP contribution in [0.2, 0.25) is 0 Å². The molecule has 0 aromatic carbocycles. The lowest BCUT2D eigenvalue weighted by Gasteiger charge is -2.37. The number of ether oxygens (including phenoxy) is 2. The summed E-state index contributed by atoms with van der Waals surface area (Å²) < 4.78 is 38.3. The maximum atomic E-state index is 12.2. The van der Waals surface area contributed by atoms with Crippen molar-refractivity contribution in [1.29, 1.82) is 0 Å². The van der Waals surface area contributed by atoms with E-state index in [-0.39, 0.29) is 5.88 Å². The van der Waals surface area contributed by atoms with Gasteiger partial charge in [-0.2, -0.15) is 19.0 Å². The number of hydrogen-bond donors (Lipinski definition) is 1. The van der Waals surface area contributed by atoms with Gasteiger partial charge in [0.15, 0.2) is 11.6 Å². The Labute approximate surface area is 187 Å². The van der Waals surface area contributed by atoms with Crippen molar-refractivity contribution in [3.63, 3.8) is 0 Å². The number of likely N-dealkylation sites (tertiary alicyclic amines) is 1. The molecule has 1 aliphatic heterocycles. The summed E-state index contributed by atoms with van der Waals surface area (Å²) >= 11 is 0. The van der Waals surface area contributed by atoms with Gasteiger partial charge in [-0.15, -0.1) is 0 Å². The third-order valence-corrected chi connectivity index (χ3v) is 5.61. The number of halogens is 2. The van der Waals surface area contributed by atoms with Crippen LogP contribution in [-0.4, -0.2) is 67.1 Å². The Balaban J connectivity index is 1.34. The van der Waals surface area contributed by atoms with E-state index < -0.39 is 6.61 Å². The molecule has 1 atom stereocenters. The van der Waals surface area contributed by atoms with Gasteiger partial charge in [0, 0.05) is 30.9 Å². The predicted molar refractivity (Wildman–Crippen MR) is 116 cm³/mol. The smallest absolute Gasteiger partial charge is 0.388 e. The molecule has 0 saturated carbocycles. The zero-order valence-electron chi connectivity index (χ0n) is 18.0. The van der Waals surface area contributed by atoms with Gasteiger partial charge in [0.2, 0.25) is 5.88 Å². The maximum Gasteiger partial charge on any atom is 0.388 e. The summed E-state index contributed by atoms with van der Waals surface area (Å²) in [7, 11) is 3.98. The van der Waals surface area contributed by atoms with Crippen LogP contribution in [0.4, 0.5) is 20.4 Å². The molecule has 0 unspecified atom stereocenters. The third-order valence-electron chi connectivity index (χ3n) is 5.61. The van der Waals surface area contributed by atoms with E-state index in [0.29, 0.717) is 24.3 Å². The van der Waals surface area contributed by atoms with Crippen LogP contribution < -0.4 is 14.8 Å². The minimum absolute atomic E-state index is 0.256. The maximum absolute atomic E-state index is 12.2. The van der Waals surface area contributed by atoms with Crippen LogP contribution in [0.5, 0.6) is 11.6 Å². The Bertz CT molecular complexity index is 1260. The van der Waals surface area contributed by atoms with E-state index in [1.165, 1.54) is 6.20 Å². The SMILES string of the molecule is CN1CC[C@@H]1COc1cnn(C)c1-c1ccn2nc(Nc3cnc(OC(F)F)cn3)cc2c1. The highest BCUT2D eigenvalue weighted by Crippen LogP contribution is 2.31. The number of hydrogen-bond acceptors (Lipinski definition) is 8. The lowest BCUT2D eigenvalue weighted by Crippen LogP contribution is -2.48. The van der Waals surface area contributed by atoms with Crippen LogP contribution in [0.3, 0.4) is 0 Å². The molecule has 0 amide bonds. The molecule has 1 saturated heterocycles. The number of aromatic nitrogens is 6. The van der Waals surface area contributed by atoms with Crippen molar-refractivity contribution in [2.75, 3.05) is 25.5 Å². The van der Waals surface area contributed by atoms with Crippen molar-refractivity contribution in [2.45, 2.75) is 19.1 Å². The van der Waals surface area contributed by atoms with Gasteiger partial charge in [0.25, 0.3) is 0 Å². The van der Waals surface area contributed by atoms with Gasteiger partial charge in [0.1, 0.15) is 18.1 Å². The highest BCUT2D eigenvalue weighted by molar-refractivity contribution is 5.72. The second-order valence-corrected chi connectivity index (χ2v) is 7.77. The first-order valence-corrected chi connectivity index (χ1v) is 10.3. The summed E-state index contributed by atoms with van der Waals surface area (Å²) in [6, 6.07) is 6.21. The fraction of sp³-hybridized carbons (Fsp3) is 0.333. The highest BCUT2D eigenvalue weighted by Gasteiger charge is 2.25. The van der Waals surface area contributed by atoms with Gasteiger partial charge >= 0.3 is 6.61 Å². The molecule has 33 heavy (non-hydrogen) atoms. The zero-order chi connectivity index (χ0) is 22.9. The molecule has 10 nitrogen and oxygen atoms in total. The molecule has 4 aromatic heterocycles. The Morgan fingerprint density at radius 2 is 2.03 bits per heavy atom. The third kappa shape index (κ3) is 4.42. The van der Waals surface area contributed by atoms with Gasteiger partial charge in [-0.25, -0.2) is 14.5 Å². The van der Waals surface area contributed by atoms with Gasteiger partial charge < -0.3 is 14.8 Å². The van der Waals surface area contributed by atoms with E-state index in [1.54, 1.807) is 15.4 Å². The van der Waals surface area contributed by atoms with Crippen molar-refractivity contribution < 1.29 is 18.3 Å². The number of fused-ring (bicyclic) bond motifs is 1.